The van der Waals surface area contributed by atoms with Crippen molar-refractivity contribution in [1.82, 2.24) is 10.2 Å². The summed E-state index contributed by atoms with van der Waals surface area (Å²) in [7, 11) is 0. The summed E-state index contributed by atoms with van der Waals surface area (Å²) >= 11 is 0. The molecule has 19 heavy (non-hydrogen) atoms. The van der Waals surface area contributed by atoms with Gasteiger partial charge in [-0.1, -0.05) is 24.3 Å². The second kappa shape index (κ2) is 5.33. The van der Waals surface area contributed by atoms with Gasteiger partial charge >= 0.3 is 0 Å². The summed E-state index contributed by atoms with van der Waals surface area (Å²) in [5, 5.41) is 3.09. The second-order valence-corrected chi connectivity index (χ2v) is 5.86. The first kappa shape index (κ1) is 12.7. The van der Waals surface area contributed by atoms with Gasteiger partial charge in [0, 0.05) is 31.6 Å². The summed E-state index contributed by atoms with van der Waals surface area (Å²) < 4.78 is 0. The van der Waals surface area contributed by atoms with Crippen LogP contribution in [0.15, 0.2) is 24.3 Å². The monoisotopic (exact) mass is 258 g/mol. The molecule has 3 heteroatoms. The lowest BCUT2D eigenvalue weighted by Crippen LogP contribution is -2.44. The third-order valence-corrected chi connectivity index (χ3v) is 4.30. The number of benzene rings is 1. The van der Waals surface area contributed by atoms with Crippen molar-refractivity contribution in [1.29, 1.82) is 0 Å². The molecular formula is C16H22N2O. The molecule has 102 valence electrons. The number of nitrogens with one attached hydrogen (secondary N) is 1. The number of carbonyl (C=O) groups excluding carboxylic acids is 1. The van der Waals surface area contributed by atoms with Gasteiger partial charge in [-0.15, -0.1) is 0 Å². The van der Waals surface area contributed by atoms with Gasteiger partial charge in [-0.3, -0.25) is 9.69 Å². The molecule has 0 bridgehead atoms. The first-order valence-corrected chi connectivity index (χ1v) is 7.32. The zero-order chi connectivity index (χ0) is 13.2. The Morgan fingerprint density at radius 3 is 2.84 bits per heavy atom. The molecule has 1 aliphatic carbocycles. The van der Waals surface area contributed by atoms with E-state index in [1.165, 1.54) is 11.1 Å². The smallest absolute Gasteiger partial charge is 0.223 e. The number of hydrogen-bond acceptors (Lipinski definition) is 2. The zero-order valence-corrected chi connectivity index (χ0v) is 11.6. The topological polar surface area (TPSA) is 32.3 Å². The van der Waals surface area contributed by atoms with Crippen LogP contribution in [0.25, 0.3) is 0 Å². The normalized spacial score (nSPS) is 20.7. The van der Waals surface area contributed by atoms with Crippen molar-refractivity contribution >= 4 is 5.91 Å². The summed E-state index contributed by atoms with van der Waals surface area (Å²) in [4.78, 5) is 14.1. The van der Waals surface area contributed by atoms with Crippen LogP contribution in [-0.2, 0) is 17.8 Å². The van der Waals surface area contributed by atoms with Gasteiger partial charge < -0.3 is 5.32 Å². The maximum Gasteiger partial charge on any atom is 0.223 e. The average molecular weight is 258 g/mol. The van der Waals surface area contributed by atoms with Crippen LogP contribution in [0.2, 0.25) is 0 Å². The van der Waals surface area contributed by atoms with Crippen LogP contribution in [0.1, 0.15) is 30.9 Å². The molecule has 0 spiro atoms. The molecule has 0 aromatic heterocycles. The van der Waals surface area contributed by atoms with Crippen LogP contribution in [0.3, 0.4) is 0 Å². The Bertz CT molecular complexity index is 468. The molecule has 1 saturated carbocycles. The summed E-state index contributed by atoms with van der Waals surface area (Å²) in [6, 6.07) is 9.09. The Balaban J connectivity index is 1.53. The van der Waals surface area contributed by atoms with Crippen LogP contribution >= 0.6 is 0 Å². The number of rotatable bonds is 4. The predicted octanol–water partition coefficient (Wildman–Crippen LogP) is 1.96. The molecule has 0 saturated heterocycles. The molecule has 1 N–H and O–H groups in total. The van der Waals surface area contributed by atoms with E-state index < -0.39 is 0 Å². The van der Waals surface area contributed by atoms with Crippen LogP contribution in [0, 0.1) is 5.92 Å². The zero-order valence-electron chi connectivity index (χ0n) is 11.6. The molecule has 1 aromatic rings. The van der Waals surface area contributed by atoms with Gasteiger partial charge in [0.2, 0.25) is 5.91 Å². The molecule has 2 aliphatic rings. The van der Waals surface area contributed by atoms with E-state index >= 15 is 0 Å². The van der Waals surface area contributed by atoms with E-state index in [0.717, 1.165) is 38.9 Å². The SMILES string of the molecule is CC(CNC(=O)C1CC1)N1CCc2ccccc2C1. The molecule has 1 heterocycles. The van der Waals surface area contributed by atoms with Crippen molar-refractivity contribution in [3.05, 3.63) is 35.4 Å². The van der Waals surface area contributed by atoms with Crippen molar-refractivity contribution in [2.24, 2.45) is 5.92 Å². The van der Waals surface area contributed by atoms with Crippen LogP contribution in [0.5, 0.6) is 0 Å². The highest BCUT2D eigenvalue weighted by molar-refractivity contribution is 5.80. The molecule has 3 rings (SSSR count). The molecule has 0 radical (unpaired) electrons. The fourth-order valence-electron chi connectivity index (χ4n) is 2.76. The van der Waals surface area contributed by atoms with Gasteiger partial charge in [-0.2, -0.15) is 0 Å². The molecule has 1 unspecified atom stereocenters. The van der Waals surface area contributed by atoms with Crippen molar-refractivity contribution in [2.75, 3.05) is 13.1 Å². The quantitative estimate of drug-likeness (QED) is 0.895. The fraction of sp³-hybridized carbons (Fsp3) is 0.562. The minimum Gasteiger partial charge on any atom is -0.354 e. The van der Waals surface area contributed by atoms with Gasteiger partial charge in [0.25, 0.3) is 0 Å². The van der Waals surface area contributed by atoms with E-state index in [1.807, 2.05) is 0 Å². The van der Waals surface area contributed by atoms with Gasteiger partial charge in [0.15, 0.2) is 0 Å². The molecule has 1 fully saturated rings. The van der Waals surface area contributed by atoms with E-state index in [1.54, 1.807) is 0 Å². The Morgan fingerprint density at radius 2 is 2.11 bits per heavy atom. The second-order valence-electron chi connectivity index (χ2n) is 5.86. The first-order valence-electron chi connectivity index (χ1n) is 7.32. The maximum atomic E-state index is 11.7. The minimum atomic E-state index is 0.254. The van der Waals surface area contributed by atoms with Crippen molar-refractivity contribution in [3.8, 4) is 0 Å². The molecule has 1 aromatic carbocycles. The molecule has 1 aliphatic heterocycles. The number of fused-ring (bicyclic) bond motifs is 1. The molecule has 1 atom stereocenters. The van der Waals surface area contributed by atoms with Crippen LogP contribution in [0.4, 0.5) is 0 Å². The summed E-state index contributed by atoms with van der Waals surface area (Å²) in [5.41, 5.74) is 2.92. The lowest BCUT2D eigenvalue weighted by molar-refractivity contribution is -0.122. The van der Waals surface area contributed by atoms with E-state index in [-0.39, 0.29) is 5.91 Å². The summed E-state index contributed by atoms with van der Waals surface area (Å²) in [6.45, 7) is 5.09. The summed E-state index contributed by atoms with van der Waals surface area (Å²) in [5.74, 6) is 0.568. The Labute approximate surface area is 115 Å². The average Bonchev–Trinajstić information content (AvgIpc) is 3.28. The highest BCUT2D eigenvalue weighted by atomic mass is 16.2. The highest BCUT2D eigenvalue weighted by Gasteiger charge is 2.30. The lowest BCUT2D eigenvalue weighted by Gasteiger charge is -2.33. The standard InChI is InChI=1S/C16H22N2O/c1-12(10-17-16(19)14-6-7-14)18-9-8-13-4-2-3-5-15(13)11-18/h2-5,12,14H,6-11H2,1H3,(H,17,19). The molecule has 3 nitrogen and oxygen atoms in total. The van der Waals surface area contributed by atoms with E-state index in [4.69, 9.17) is 0 Å². The molecular weight excluding hydrogens is 236 g/mol. The first-order chi connectivity index (χ1) is 9.24. The Kier molecular flexibility index (Phi) is 3.56. The van der Waals surface area contributed by atoms with Crippen molar-refractivity contribution in [2.45, 2.75) is 38.8 Å². The minimum absolute atomic E-state index is 0.254. The van der Waals surface area contributed by atoms with E-state index in [9.17, 15) is 4.79 Å². The third-order valence-electron chi connectivity index (χ3n) is 4.30. The van der Waals surface area contributed by atoms with Gasteiger partial charge in [0.05, 0.1) is 0 Å². The van der Waals surface area contributed by atoms with Gasteiger partial charge in [-0.25, -0.2) is 0 Å². The van der Waals surface area contributed by atoms with E-state index in [0.29, 0.717) is 12.0 Å². The van der Waals surface area contributed by atoms with Gasteiger partial charge in [-0.05, 0) is 37.3 Å². The fourth-order valence-corrected chi connectivity index (χ4v) is 2.76. The number of amides is 1. The van der Waals surface area contributed by atoms with E-state index in [2.05, 4.69) is 41.4 Å². The number of carbonyl (C=O) groups is 1. The third kappa shape index (κ3) is 2.98. The largest absolute Gasteiger partial charge is 0.354 e. The highest BCUT2D eigenvalue weighted by Crippen LogP contribution is 2.28. The maximum absolute atomic E-state index is 11.7. The van der Waals surface area contributed by atoms with Crippen molar-refractivity contribution in [3.63, 3.8) is 0 Å². The Morgan fingerprint density at radius 1 is 1.37 bits per heavy atom. The van der Waals surface area contributed by atoms with Gasteiger partial charge in [0.1, 0.15) is 0 Å². The lowest BCUT2D eigenvalue weighted by atomic mass is 9.99. The Hall–Kier alpha value is -1.35. The number of nitrogens with zero attached hydrogens (tertiary/aromatic N) is 1. The number of hydrogen-bond donors (Lipinski definition) is 1. The predicted molar refractivity (Wildman–Crippen MR) is 75.8 cm³/mol. The van der Waals surface area contributed by atoms with Crippen LogP contribution < -0.4 is 5.32 Å². The molecule has 1 amide bonds. The van der Waals surface area contributed by atoms with Crippen LogP contribution in [-0.4, -0.2) is 29.9 Å². The summed E-state index contributed by atoms with van der Waals surface area (Å²) in [6.07, 6.45) is 3.28. The van der Waals surface area contributed by atoms with Crippen molar-refractivity contribution < 1.29 is 4.79 Å².